The number of amides is 2. The standard InChI is InChI=1S/C13H24N2O3/c1-9(2)10(11(16)15-7-6-8-15)14-12(17)18-13(3,4)5/h9-10H,6-8H2,1-5H3,(H,14,17)/t10-/m0/s1. The number of alkyl carbamates (subject to hydrolysis) is 1. The van der Waals surface area contributed by atoms with Crippen LogP contribution >= 0.6 is 0 Å². The molecule has 0 aromatic rings. The molecule has 0 aromatic heterocycles. The van der Waals surface area contributed by atoms with Crippen LogP contribution in [0.3, 0.4) is 0 Å². The van der Waals surface area contributed by atoms with Crippen LogP contribution in [0, 0.1) is 5.92 Å². The summed E-state index contributed by atoms with van der Waals surface area (Å²) in [6.07, 6.45) is 0.512. The Morgan fingerprint density at radius 1 is 1.22 bits per heavy atom. The number of nitrogens with zero attached hydrogens (tertiary/aromatic N) is 1. The average Bonchev–Trinajstić information content (AvgIpc) is 2.07. The van der Waals surface area contributed by atoms with Gasteiger partial charge in [-0.2, -0.15) is 0 Å². The molecule has 1 N–H and O–H groups in total. The zero-order valence-electron chi connectivity index (χ0n) is 11.9. The van der Waals surface area contributed by atoms with Gasteiger partial charge in [0.1, 0.15) is 11.6 Å². The molecule has 1 aliphatic rings. The molecule has 0 bridgehead atoms. The molecule has 0 saturated carbocycles. The molecule has 0 aliphatic carbocycles. The van der Waals surface area contributed by atoms with E-state index >= 15 is 0 Å². The lowest BCUT2D eigenvalue weighted by Gasteiger charge is -2.35. The number of carbonyl (C=O) groups is 2. The molecule has 0 unspecified atom stereocenters. The summed E-state index contributed by atoms with van der Waals surface area (Å²) in [5.74, 6) is 0.0349. The third-order valence-electron chi connectivity index (χ3n) is 2.77. The zero-order chi connectivity index (χ0) is 13.9. The topological polar surface area (TPSA) is 58.6 Å². The first-order chi connectivity index (χ1) is 8.20. The number of likely N-dealkylation sites (tertiary alicyclic amines) is 1. The predicted molar refractivity (Wildman–Crippen MR) is 69.2 cm³/mol. The summed E-state index contributed by atoms with van der Waals surface area (Å²) in [4.78, 5) is 25.6. The van der Waals surface area contributed by atoms with Crippen LogP contribution in [-0.4, -0.2) is 41.6 Å². The molecule has 1 fully saturated rings. The normalized spacial score (nSPS) is 17.1. The van der Waals surface area contributed by atoms with Gasteiger partial charge in [0.2, 0.25) is 5.91 Å². The summed E-state index contributed by atoms with van der Waals surface area (Å²) in [5.41, 5.74) is -0.550. The summed E-state index contributed by atoms with van der Waals surface area (Å²) in [5, 5.41) is 2.67. The number of carbonyl (C=O) groups excluding carboxylic acids is 2. The first kappa shape index (κ1) is 14.8. The molecule has 18 heavy (non-hydrogen) atoms. The van der Waals surface area contributed by atoms with E-state index in [1.54, 1.807) is 25.7 Å². The minimum Gasteiger partial charge on any atom is -0.444 e. The largest absolute Gasteiger partial charge is 0.444 e. The van der Waals surface area contributed by atoms with Crippen LogP contribution in [0.15, 0.2) is 0 Å². The van der Waals surface area contributed by atoms with E-state index in [0.717, 1.165) is 19.5 Å². The van der Waals surface area contributed by atoms with Crippen molar-refractivity contribution < 1.29 is 14.3 Å². The average molecular weight is 256 g/mol. The third-order valence-corrected chi connectivity index (χ3v) is 2.77. The third kappa shape index (κ3) is 4.20. The van der Waals surface area contributed by atoms with Crippen molar-refractivity contribution in [3.05, 3.63) is 0 Å². The van der Waals surface area contributed by atoms with Crippen molar-refractivity contribution in [1.29, 1.82) is 0 Å². The Morgan fingerprint density at radius 2 is 1.78 bits per heavy atom. The van der Waals surface area contributed by atoms with Gasteiger partial charge in [-0.1, -0.05) is 13.8 Å². The number of hydrogen-bond donors (Lipinski definition) is 1. The van der Waals surface area contributed by atoms with Gasteiger partial charge in [-0.05, 0) is 33.1 Å². The fraction of sp³-hybridized carbons (Fsp3) is 0.846. The number of hydrogen-bond acceptors (Lipinski definition) is 3. The van der Waals surface area contributed by atoms with Crippen LogP contribution in [0.25, 0.3) is 0 Å². The Kier molecular flexibility index (Phi) is 4.59. The number of nitrogens with one attached hydrogen (secondary N) is 1. The van der Waals surface area contributed by atoms with Gasteiger partial charge in [0, 0.05) is 13.1 Å². The minimum absolute atomic E-state index is 0.0119. The highest BCUT2D eigenvalue weighted by Gasteiger charge is 2.32. The molecule has 104 valence electrons. The van der Waals surface area contributed by atoms with Crippen molar-refractivity contribution in [1.82, 2.24) is 10.2 Å². The first-order valence-corrected chi connectivity index (χ1v) is 6.49. The Labute approximate surface area is 109 Å². The van der Waals surface area contributed by atoms with E-state index in [9.17, 15) is 9.59 Å². The Bertz CT molecular complexity index is 317. The zero-order valence-corrected chi connectivity index (χ0v) is 11.9. The highest BCUT2D eigenvalue weighted by atomic mass is 16.6. The highest BCUT2D eigenvalue weighted by Crippen LogP contribution is 2.14. The maximum atomic E-state index is 12.1. The van der Waals surface area contributed by atoms with Gasteiger partial charge in [0.15, 0.2) is 0 Å². The van der Waals surface area contributed by atoms with Crippen LogP contribution in [0.1, 0.15) is 41.0 Å². The lowest BCUT2D eigenvalue weighted by molar-refractivity contribution is -0.138. The van der Waals surface area contributed by atoms with Crippen LogP contribution in [-0.2, 0) is 9.53 Å². The molecular weight excluding hydrogens is 232 g/mol. The molecule has 1 heterocycles. The Hall–Kier alpha value is -1.26. The van der Waals surface area contributed by atoms with Crippen molar-refractivity contribution in [2.45, 2.75) is 52.7 Å². The maximum absolute atomic E-state index is 12.1. The fourth-order valence-electron chi connectivity index (χ4n) is 1.68. The second-order valence-corrected chi connectivity index (χ2v) is 6.05. The lowest BCUT2D eigenvalue weighted by Crippen LogP contribution is -2.55. The van der Waals surface area contributed by atoms with E-state index in [0.29, 0.717) is 0 Å². The van der Waals surface area contributed by atoms with Crippen LogP contribution in [0.2, 0.25) is 0 Å². The van der Waals surface area contributed by atoms with E-state index < -0.39 is 17.7 Å². The minimum atomic E-state index is -0.550. The first-order valence-electron chi connectivity index (χ1n) is 6.49. The lowest BCUT2D eigenvalue weighted by atomic mass is 10.0. The Morgan fingerprint density at radius 3 is 2.11 bits per heavy atom. The molecule has 5 nitrogen and oxygen atoms in total. The Balaban J connectivity index is 2.57. The predicted octanol–water partition coefficient (Wildman–Crippen LogP) is 1.77. The van der Waals surface area contributed by atoms with Crippen molar-refractivity contribution in [3.8, 4) is 0 Å². The van der Waals surface area contributed by atoms with E-state index in [2.05, 4.69) is 5.32 Å². The maximum Gasteiger partial charge on any atom is 0.408 e. The molecule has 0 spiro atoms. The molecule has 2 amide bonds. The van der Waals surface area contributed by atoms with Crippen molar-refractivity contribution in [3.63, 3.8) is 0 Å². The van der Waals surface area contributed by atoms with Crippen molar-refractivity contribution >= 4 is 12.0 Å². The van der Waals surface area contributed by atoms with Gasteiger partial charge >= 0.3 is 6.09 Å². The smallest absolute Gasteiger partial charge is 0.408 e. The van der Waals surface area contributed by atoms with Crippen LogP contribution < -0.4 is 5.32 Å². The monoisotopic (exact) mass is 256 g/mol. The van der Waals surface area contributed by atoms with E-state index in [1.165, 1.54) is 0 Å². The number of ether oxygens (including phenoxy) is 1. The van der Waals surface area contributed by atoms with Crippen LogP contribution in [0.5, 0.6) is 0 Å². The highest BCUT2D eigenvalue weighted by molar-refractivity contribution is 5.86. The van der Waals surface area contributed by atoms with E-state index in [4.69, 9.17) is 4.74 Å². The molecule has 1 saturated heterocycles. The van der Waals surface area contributed by atoms with Gasteiger partial charge in [-0.25, -0.2) is 4.79 Å². The van der Waals surface area contributed by atoms with E-state index in [1.807, 2.05) is 13.8 Å². The second-order valence-electron chi connectivity index (χ2n) is 6.05. The molecule has 0 aromatic carbocycles. The second kappa shape index (κ2) is 5.59. The molecule has 1 atom stereocenters. The van der Waals surface area contributed by atoms with Gasteiger partial charge in [-0.3, -0.25) is 4.79 Å². The van der Waals surface area contributed by atoms with Crippen molar-refractivity contribution in [2.24, 2.45) is 5.92 Å². The van der Waals surface area contributed by atoms with Gasteiger partial charge in [0.05, 0.1) is 0 Å². The van der Waals surface area contributed by atoms with E-state index in [-0.39, 0.29) is 11.8 Å². The summed E-state index contributed by atoms with van der Waals surface area (Å²) in [6, 6.07) is -0.500. The molecule has 5 heteroatoms. The summed E-state index contributed by atoms with van der Waals surface area (Å²) in [7, 11) is 0. The van der Waals surface area contributed by atoms with Crippen molar-refractivity contribution in [2.75, 3.05) is 13.1 Å². The van der Waals surface area contributed by atoms with Crippen LogP contribution in [0.4, 0.5) is 4.79 Å². The fourth-order valence-corrected chi connectivity index (χ4v) is 1.68. The quantitative estimate of drug-likeness (QED) is 0.837. The van der Waals surface area contributed by atoms with Gasteiger partial charge in [0.25, 0.3) is 0 Å². The molecule has 1 rings (SSSR count). The summed E-state index contributed by atoms with van der Waals surface area (Å²) >= 11 is 0. The molecule has 0 radical (unpaired) electrons. The molecular formula is C13H24N2O3. The van der Waals surface area contributed by atoms with Gasteiger partial charge in [-0.15, -0.1) is 0 Å². The number of rotatable bonds is 3. The van der Waals surface area contributed by atoms with Gasteiger partial charge < -0.3 is 15.0 Å². The SMILES string of the molecule is CC(C)[C@H](NC(=O)OC(C)(C)C)C(=O)N1CCC1. The summed E-state index contributed by atoms with van der Waals surface area (Å²) in [6.45, 7) is 10.8. The molecule has 1 aliphatic heterocycles. The summed E-state index contributed by atoms with van der Waals surface area (Å²) < 4.78 is 5.18.